The molecule has 100 valence electrons. The van der Waals surface area contributed by atoms with E-state index in [4.69, 9.17) is 5.11 Å². The van der Waals surface area contributed by atoms with E-state index >= 15 is 0 Å². The summed E-state index contributed by atoms with van der Waals surface area (Å²) in [5.74, 6) is -9.21. The SMILES string of the molecule is CC(CCC(=O)O)NC(=O)C(F)(F)C(F)(F)F. The molecule has 0 aliphatic rings. The van der Waals surface area contributed by atoms with Crippen molar-refractivity contribution in [1.29, 1.82) is 0 Å². The molecule has 0 saturated heterocycles. The minimum absolute atomic E-state index is 0.241. The van der Waals surface area contributed by atoms with Crippen LogP contribution in [0.4, 0.5) is 22.0 Å². The Morgan fingerprint density at radius 2 is 1.71 bits per heavy atom. The van der Waals surface area contributed by atoms with Crippen LogP contribution in [0.3, 0.4) is 0 Å². The molecule has 0 rings (SSSR count). The van der Waals surface area contributed by atoms with Crippen molar-refractivity contribution in [3.05, 3.63) is 0 Å². The number of hydrogen-bond acceptors (Lipinski definition) is 2. The zero-order chi connectivity index (χ0) is 13.9. The maximum Gasteiger partial charge on any atom is 0.463 e. The molecule has 9 heteroatoms. The quantitative estimate of drug-likeness (QED) is 0.739. The number of amides is 1. The number of rotatable bonds is 5. The van der Waals surface area contributed by atoms with Gasteiger partial charge in [-0.3, -0.25) is 9.59 Å². The Hall–Kier alpha value is -1.41. The van der Waals surface area contributed by atoms with Crippen LogP contribution in [0.15, 0.2) is 0 Å². The van der Waals surface area contributed by atoms with E-state index in [1.807, 2.05) is 0 Å². The lowest BCUT2D eigenvalue weighted by molar-refractivity contribution is -0.270. The Kier molecular flexibility index (Phi) is 4.84. The van der Waals surface area contributed by atoms with Crippen LogP contribution in [-0.2, 0) is 9.59 Å². The van der Waals surface area contributed by atoms with Gasteiger partial charge in [-0.2, -0.15) is 22.0 Å². The number of carboxylic acid groups (broad SMARTS) is 1. The fourth-order valence-corrected chi connectivity index (χ4v) is 0.855. The van der Waals surface area contributed by atoms with Crippen LogP contribution in [0.25, 0.3) is 0 Å². The first kappa shape index (κ1) is 15.6. The van der Waals surface area contributed by atoms with Crippen LogP contribution in [0.2, 0.25) is 0 Å². The first-order chi connectivity index (χ1) is 7.48. The number of halogens is 5. The maximum absolute atomic E-state index is 12.4. The molecule has 2 N–H and O–H groups in total. The largest absolute Gasteiger partial charge is 0.481 e. The number of alkyl halides is 5. The second kappa shape index (κ2) is 5.28. The van der Waals surface area contributed by atoms with Crippen molar-refractivity contribution >= 4 is 11.9 Å². The summed E-state index contributed by atoms with van der Waals surface area (Å²) in [6.45, 7) is 1.13. The fourth-order valence-electron chi connectivity index (χ4n) is 0.855. The second-order valence-electron chi connectivity index (χ2n) is 3.38. The predicted octanol–water partition coefficient (Wildman–Crippen LogP) is 1.55. The Morgan fingerprint density at radius 3 is 2.06 bits per heavy atom. The van der Waals surface area contributed by atoms with Crippen molar-refractivity contribution in [2.24, 2.45) is 0 Å². The highest BCUT2D eigenvalue weighted by Crippen LogP contribution is 2.35. The van der Waals surface area contributed by atoms with E-state index in [0.29, 0.717) is 0 Å². The van der Waals surface area contributed by atoms with E-state index < -0.39 is 36.4 Å². The van der Waals surface area contributed by atoms with Gasteiger partial charge in [0.2, 0.25) is 0 Å². The van der Waals surface area contributed by atoms with Crippen molar-refractivity contribution in [3.63, 3.8) is 0 Å². The van der Waals surface area contributed by atoms with Crippen LogP contribution in [-0.4, -0.2) is 35.1 Å². The first-order valence-electron chi connectivity index (χ1n) is 4.45. The van der Waals surface area contributed by atoms with Gasteiger partial charge in [0.15, 0.2) is 0 Å². The summed E-state index contributed by atoms with van der Waals surface area (Å²) >= 11 is 0. The molecule has 0 radical (unpaired) electrons. The second-order valence-corrected chi connectivity index (χ2v) is 3.38. The van der Waals surface area contributed by atoms with Crippen LogP contribution >= 0.6 is 0 Å². The Morgan fingerprint density at radius 1 is 1.24 bits per heavy atom. The van der Waals surface area contributed by atoms with Gasteiger partial charge in [0.1, 0.15) is 0 Å². The number of nitrogens with one attached hydrogen (secondary N) is 1. The van der Waals surface area contributed by atoms with Gasteiger partial charge in [-0.1, -0.05) is 0 Å². The predicted molar refractivity (Wildman–Crippen MR) is 45.5 cm³/mol. The van der Waals surface area contributed by atoms with Crippen LogP contribution in [0, 0.1) is 0 Å². The molecule has 1 amide bonds. The molecule has 1 unspecified atom stereocenters. The fraction of sp³-hybridized carbons (Fsp3) is 0.750. The van der Waals surface area contributed by atoms with Crippen LogP contribution in [0.1, 0.15) is 19.8 Å². The van der Waals surface area contributed by atoms with Crippen LogP contribution in [0.5, 0.6) is 0 Å². The molecular formula is C8H10F5NO3. The Balaban J connectivity index is 4.40. The number of aliphatic carboxylic acids is 1. The lowest BCUT2D eigenvalue weighted by Gasteiger charge is -2.21. The van der Waals surface area contributed by atoms with Gasteiger partial charge in [-0.25, -0.2) is 0 Å². The van der Waals surface area contributed by atoms with Gasteiger partial charge in [0.25, 0.3) is 0 Å². The molecule has 0 saturated carbocycles. The monoisotopic (exact) mass is 263 g/mol. The maximum atomic E-state index is 12.4. The van der Waals surface area contributed by atoms with E-state index in [1.54, 1.807) is 0 Å². The van der Waals surface area contributed by atoms with Crippen molar-refractivity contribution in [2.45, 2.75) is 37.9 Å². The highest BCUT2D eigenvalue weighted by molar-refractivity contribution is 5.84. The Bertz CT molecular complexity index is 302. The molecule has 0 fully saturated rings. The molecule has 0 bridgehead atoms. The van der Waals surface area contributed by atoms with E-state index in [1.165, 1.54) is 5.32 Å². The van der Waals surface area contributed by atoms with E-state index in [-0.39, 0.29) is 6.42 Å². The van der Waals surface area contributed by atoms with Gasteiger partial charge < -0.3 is 10.4 Å². The average Bonchev–Trinajstić information content (AvgIpc) is 2.12. The van der Waals surface area contributed by atoms with Gasteiger partial charge >= 0.3 is 24.0 Å². The van der Waals surface area contributed by atoms with Crippen molar-refractivity contribution in [1.82, 2.24) is 5.32 Å². The van der Waals surface area contributed by atoms with Gasteiger partial charge in [0.05, 0.1) is 0 Å². The lowest BCUT2D eigenvalue weighted by atomic mass is 10.1. The Labute approximate surface area is 92.8 Å². The summed E-state index contributed by atoms with van der Waals surface area (Å²) in [7, 11) is 0. The van der Waals surface area contributed by atoms with Crippen LogP contribution < -0.4 is 5.32 Å². The summed E-state index contributed by atoms with van der Waals surface area (Å²) in [4.78, 5) is 20.7. The average molecular weight is 263 g/mol. The number of hydrogen-bond donors (Lipinski definition) is 2. The summed E-state index contributed by atoms with van der Waals surface area (Å²) in [6.07, 6.45) is -6.66. The molecule has 1 atom stereocenters. The summed E-state index contributed by atoms with van der Waals surface area (Å²) in [5, 5.41) is 9.65. The van der Waals surface area contributed by atoms with Crippen molar-refractivity contribution in [2.75, 3.05) is 0 Å². The zero-order valence-corrected chi connectivity index (χ0v) is 8.65. The van der Waals surface area contributed by atoms with E-state index in [2.05, 4.69) is 0 Å². The normalized spacial score (nSPS) is 14.2. The number of carbonyl (C=O) groups excluding carboxylic acids is 1. The minimum Gasteiger partial charge on any atom is -0.481 e. The number of carbonyl (C=O) groups is 2. The molecule has 4 nitrogen and oxygen atoms in total. The third-order valence-electron chi connectivity index (χ3n) is 1.81. The molecule has 0 aromatic carbocycles. The minimum atomic E-state index is -5.97. The van der Waals surface area contributed by atoms with E-state index in [9.17, 15) is 31.5 Å². The van der Waals surface area contributed by atoms with Gasteiger partial charge in [-0.15, -0.1) is 0 Å². The standard InChI is InChI=1S/C8H10F5NO3/c1-4(2-3-5(15)16)14-6(17)7(9,10)8(11,12)13/h4H,2-3H2,1H3,(H,14,17)(H,15,16). The van der Waals surface area contributed by atoms with Gasteiger partial charge in [-0.05, 0) is 13.3 Å². The van der Waals surface area contributed by atoms with Crippen molar-refractivity contribution in [3.8, 4) is 0 Å². The molecule has 0 aliphatic heterocycles. The summed E-state index contributed by atoms with van der Waals surface area (Å²) < 4.78 is 60.1. The lowest BCUT2D eigenvalue weighted by Crippen LogP contribution is -2.52. The molecule has 17 heavy (non-hydrogen) atoms. The summed E-state index contributed by atoms with van der Waals surface area (Å²) in [5.41, 5.74) is 0. The molecule has 0 spiro atoms. The molecular weight excluding hydrogens is 253 g/mol. The number of carboxylic acids is 1. The molecule has 0 aromatic rings. The highest BCUT2D eigenvalue weighted by atomic mass is 19.4. The topological polar surface area (TPSA) is 66.4 Å². The molecule has 0 aromatic heterocycles. The third kappa shape index (κ3) is 4.53. The van der Waals surface area contributed by atoms with Gasteiger partial charge in [0, 0.05) is 12.5 Å². The highest BCUT2D eigenvalue weighted by Gasteiger charge is 2.63. The third-order valence-corrected chi connectivity index (χ3v) is 1.81. The van der Waals surface area contributed by atoms with Crippen molar-refractivity contribution < 1.29 is 36.6 Å². The molecule has 0 aliphatic carbocycles. The zero-order valence-electron chi connectivity index (χ0n) is 8.65. The van der Waals surface area contributed by atoms with E-state index in [0.717, 1.165) is 6.92 Å². The summed E-state index contributed by atoms with van der Waals surface area (Å²) in [6, 6.07) is -1.09. The molecule has 0 heterocycles. The first-order valence-corrected chi connectivity index (χ1v) is 4.45. The smallest absolute Gasteiger partial charge is 0.463 e.